The first-order valence-electron chi connectivity index (χ1n) is 7.07. The van der Waals surface area contributed by atoms with Gasteiger partial charge in [-0.2, -0.15) is 4.98 Å². The molecule has 3 rings (SSSR count). The molecule has 1 aromatic heterocycles. The monoisotopic (exact) mass is 278 g/mol. The second-order valence-corrected chi connectivity index (χ2v) is 5.36. The smallest absolute Gasteiger partial charge is 0.246 e. The van der Waals surface area contributed by atoms with E-state index in [0.29, 0.717) is 31.2 Å². The molecule has 1 aromatic rings. The van der Waals surface area contributed by atoms with Gasteiger partial charge < -0.3 is 14.7 Å². The van der Waals surface area contributed by atoms with Gasteiger partial charge in [-0.15, -0.1) is 0 Å². The van der Waals surface area contributed by atoms with Crippen LogP contribution in [0.3, 0.4) is 0 Å². The zero-order valence-corrected chi connectivity index (χ0v) is 11.4. The van der Waals surface area contributed by atoms with Crippen LogP contribution in [0.5, 0.6) is 0 Å². The van der Waals surface area contributed by atoms with E-state index < -0.39 is 0 Å². The van der Waals surface area contributed by atoms with E-state index in [9.17, 15) is 9.59 Å². The molecule has 1 aliphatic heterocycles. The maximum Gasteiger partial charge on any atom is 0.246 e. The van der Waals surface area contributed by atoms with Gasteiger partial charge in [0.2, 0.25) is 17.7 Å². The molecule has 2 amide bonds. The Morgan fingerprint density at radius 1 is 1.45 bits per heavy atom. The summed E-state index contributed by atoms with van der Waals surface area (Å²) in [4.78, 5) is 30.3. The second kappa shape index (κ2) is 5.22. The van der Waals surface area contributed by atoms with Crippen LogP contribution in [-0.4, -0.2) is 45.5 Å². The Morgan fingerprint density at radius 2 is 2.25 bits per heavy atom. The predicted octanol–water partition coefficient (Wildman–Crippen LogP) is 0.128. The van der Waals surface area contributed by atoms with Gasteiger partial charge >= 0.3 is 0 Å². The van der Waals surface area contributed by atoms with Crippen LogP contribution >= 0.6 is 0 Å². The molecule has 1 aliphatic carbocycles. The van der Waals surface area contributed by atoms with Gasteiger partial charge in [0.25, 0.3) is 0 Å². The Morgan fingerprint density at radius 3 is 2.85 bits per heavy atom. The first-order valence-corrected chi connectivity index (χ1v) is 7.07. The van der Waals surface area contributed by atoms with E-state index in [4.69, 9.17) is 4.52 Å². The predicted molar refractivity (Wildman–Crippen MR) is 68.4 cm³/mol. The molecule has 2 unspecified atom stereocenters. The van der Waals surface area contributed by atoms with Crippen molar-refractivity contribution in [1.82, 2.24) is 20.4 Å². The number of hydrogen-bond acceptors (Lipinski definition) is 5. The first kappa shape index (κ1) is 13.1. The molecule has 1 saturated carbocycles. The minimum atomic E-state index is -0.388. The van der Waals surface area contributed by atoms with Gasteiger partial charge in [0, 0.05) is 13.0 Å². The van der Waals surface area contributed by atoms with E-state index in [1.54, 1.807) is 4.90 Å². The summed E-state index contributed by atoms with van der Waals surface area (Å²) in [7, 11) is 0. The van der Waals surface area contributed by atoms with Gasteiger partial charge in [0.05, 0.1) is 0 Å². The summed E-state index contributed by atoms with van der Waals surface area (Å²) >= 11 is 0. The van der Waals surface area contributed by atoms with Crippen LogP contribution in [0.25, 0.3) is 0 Å². The van der Waals surface area contributed by atoms with Gasteiger partial charge in [-0.05, 0) is 25.2 Å². The van der Waals surface area contributed by atoms with E-state index in [0.717, 1.165) is 12.8 Å². The third-order valence-electron chi connectivity index (χ3n) is 3.98. The number of amides is 2. The Hall–Kier alpha value is -1.92. The second-order valence-electron chi connectivity index (χ2n) is 5.36. The molecule has 2 fully saturated rings. The summed E-state index contributed by atoms with van der Waals surface area (Å²) in [5, 5.41) is 6.41. The van der Waals surface area contributed by atoms with Gasteiger partial charge in [-0.1, -0.05) is 12.1 Å². The molecule has 0 aromatic carbocycles. The molecule has 0 spiro atoms. The molecular weight excluding hydrogens is 260 g/mol. The molecule has 1 saturated heterocycles. The largest absolute Gasteiger partial charge is 0.342 e. The van der Waals surface area contributed by atoms with Crippen molar-refractivity contribution in [1.29, 1.82) is 0 Å². The molecule has 1 N–H and O–H groups in total. The van der Waals surface area contributed by atoms with Crippen LogP contribution in [0.2, 0.25) is 0 Å². The van der Waals surface area contributed by atoms with Crippen LogP contribution < -0.4 is 5.32 Å². The zero-order valence-electron chi connectivity index (χ0n) is 11.4. The number of aromatic nitrogens is 2. The number of hydrogen-bond donors (Lipinski definition) is 1. The Bertz CT molecular complexity index is 498. The highest BCUT2D eigenvalue weighted by atomic mass is 16.5. The van der Waals surface area contributed by atoms with E-state index in [-0.39, 0.29) is 23.9 Å². The number of nitrogens with zero attached hydrogens (tertiary/aromatic N) is 3. The minimum Gasteiger partial charge on any atom is -0.342 e. The van der Waals surface area contributed by atoms with Crippen LogP contribution in [0.4, 0.5) is 0 Å². The van der Waals surface area contributed by atoms with E-state index in [1.807, 2.05) is 6.92 Å². The highest BCUT2D eigenvalue weighted by Crippen LogP contribution is 2.35. The topological polar surface area (TPSA) is 88.3 Å². The zero-order chi connectivity index (χ0) is 14.1. The van der Waals surface area contributed by atoms with Crippen molar-refractivity contribution in [3.05, 3.63) is 12.2 Å². The molecule has 7 heteroatoms. The number of carbonyl (C=O) groups is 2. The van der Waals surface area contributed by atoms with Crippen molar-refractivity contribution < 1.29 is 14.1 Å². The number of nitrogens with one attached hydrogen (secondary N) is 1. The number of piperazine rings is 1. The van der Waals surface area contributed by atoms with E-state index in [2.05, 4.69) is 15.5 Å². The summed E-state index contributed by atoms with van der Waals surface area (Å²) < 4.78 is 4.94. The van der Waals surface area contributed by atoms with Crippen LogP contribution in [0.1, 0.15) is 32.1 Å². The summed E-state index contributed by atoms with van der Waals surface area (Å²) in [5.41, 5.74) is 0. The van der Waals surface area contributed by atoms with Crippen molar-refractivity contribution in [3.8, 4) is 0 Å². The SMILES string of the molecule is CCC1C(=O)NC(C2CC2)C(=O)N1CCc1ncno1. The van der Waals surface area contributed by atoms with Crippen molar-refractivity contribution in [2.45, 2.75) is 44.7 Å². The lowest BCUT2D eigenvalue weighted by Gasteiger charge is -2.38. The Labute approximate surface area is 116 Å². The fourth-order valence-electron chi connectivity index (χ4n) is 2.73. The number of carbonyl (C=O) groups excluding carboxylic acids is 2. The van der Waals surface area contributed by atoms with Crippen LogP contribution in [-0.2, 0) is 16.0 Å². The molecule has 0 radical (unpaired) electrons. The average molecular weight is 278 g/mol. The quantitative estimate of drug-likeness (QED) is 0.827. The van der Waals surface area contributed by atoms with Crippen LogP contribution in [0, 0.1) is 5.92 Å². The van der Waals surface area contributed by atoms with Crippen molar-refractivity contribution in [3.63, 3.8) is 0 Å². The average Bonchev–Trinajstić information content (AvgIpc) is 3.15. The van der Waals surface area contributed by atoms with Crippen molar-refractivity contribution in [2.75, 3.05) is 6.54 Å². The van der Waals surface area contributed by atoms with Crippen LogP contribution in [0.15, 0.2) is 10.9 Å². The summed E-state index contributed by atoms with van der Waals surface area (Å²) in [6.45, 7) is 2.35. The molecule has 7 nitrogen and oxygen atoms in total. The van der Waals surface area contributed by atoms with E-state index >= 15 is 0 Å². The maximum atomic E-state index is 12.5. The summed E-state index contributed by atoms with van der Waals surface area (Å²) in [6.07, 6.45) is 4.46. The minimum absolute atomic E-state index is 0.0264. The standard InChI is InChI=1S/C13H18N4O3/c1-2-9-12(18)16-11(8-3-4-8)13(19)17(9)6-5-10-14-7-15-20-10/h7-9,11H,2-6H2,1H3,(H,16,18). The summed E-state index contributed by atoms with van der Waals surface area (Å²) in [6, 6.07) is -0.728. The molecule has 2 aliphatic rings. The molecule has 108 valence electrons. The number of rotatable bonds is 5. The lowest BCUT2D eigenvalue weighted by atomic mass is 10.0. The van der Waals surface area contributed by atoms with Gasteiger partial charge in [-0.25, -0.2) is 0 Å². The molecule has 20 heavy (non-hydrogen) atoms. The Kier molecular flexibility index (Phi) is 3.42. The molecule has 2 heterocycles. The van der Waals surface area contributed by atoms with Gasteiger partial charge in [0.15, 0.2) is 6.33 Å². The maximum absolute atomic E-state index is 12.5. The molecule has 0 bridgehead atoms. The molecule has 2 atom stereocenters. The van der Waals surface area contributed by atoms with E-state index in [1.165, 1.54) is 6.33 Å². The fraction of sp³-hybridized carbons (Fsp3) is 0.692. The fourth-order valence-corrected chi connectivity index (χ4v) is 2.73. The summed E-state index contributed by atoms with van der Waals surface area (Å²) in [5.74, 6) is 0.782. The Balaban J connectivity index is 1.72. The molecular formula is C13H18N4O3. The highest BCUT2D eigenvalue weighted by molar-refractivity contribution is 5.97. The highest BCUT2D eigenvalue weighted by Gasteiger charge is 2.46. The third kappa shape index (κ3) is 2.39. The normalized spacial score (nSPS) is 26.8. The van der Waals surface area contributed by atoms with Gasteiger partial charge in [0.1, 0.15) is 12.1 Å². The lowest BCUT2D eigenvalue weighted by Crippen LogP contribution is -2.64. The first-order chi connectivity index (χ1) is 9.70. The van der Waals surface area contributed by atoms with Gasteiger partial charge in [-0.3, -0.25) is 9.59 Å². The third-order valence-corrected chi connectivity index (χ3v) is 3.98. The lowest BCUT2D eigenvalue weighted by molar-refractivity contribution is -0.150. The van der Waals surface area contributed by atoms with Crippen molar-refractivity contribution >= 4 is 11.8 Å². The van der Waals surface area contributed by atoms with Crippen molar-refractivity contribution in [2.24, 2.45) is 5.92 Å².